The van der Waals surface area contributed by atoms with Gasteiger partial charge in [-0.1, -0.05) is 6.92 Å². The molecule has 5 nitrogen and oxygen atoms in total. The highest BCUT2D eigenvalue weighted by molar-refractivity contribution is 6.27. The van der Waals surface area contributed by atoms with Crippen LogP contribution in [-0.4, -0.2) is 29.2 Å². The number of rotatable bonds is 2. The van der Waals surface area contributed by atoms with E-state index < -0.39 is 5.97 Å². The van der Waals surface area contributed by atoms with Crippen LogP contribution in [0.2, 0.25) is 0 Å². The van der Waals surface area contributed by atoms with Gasteiger partial charge in [-0.2, -0.15) is 0 Å². The van der Waals surface area contributed by atoms with E-state index >= 15 is 0 Å². The maximum atomic E-state index is 12.3. The van der Waals surface area contributed by atoms with Crippen LogP contribution < -0.4 is 0 Å². The predicted molar refractivity (Wildman–Crippen MR) is 68.5 cm³/mol. The maximum absolute atomic E-state index is 12.3. The highest BCUT2D eigenvalue weighted by atomic mass is 16.5. The lowest BCUT2D eigenvalue weighted by Gasteiger charge is -2.12. The predicted octanol–water partition coefficient (Wildman–Crippen LogP) is 1.84. The molecule has 0 amide bonds. The molecule has 0 spiro atoms. The highest BCUT2D eigenvalue weighted by Gasteiger charge is 2.35. The molecule has 0 saturated heterocycles. The van der Waals surface area contributed by atoms with Gasteiger partial charge in [0, 0.05) is 18.3 Å². The molecule has 0 fully saturated rings. The molecular formula is C14H15NO4. The SMILES string of the molecule is CCC1=CC(=O)c2c(C(=O)OC)c(C)n(C)c2C1=O. The van der Waals surface area contributed by atoms with Crippen LogP contribution in [0.4, 0.5) is 0 Å². The molecule has 0 atom stereocenters. The molecule has 0 aliphatic heterocycles. The molecule has 0 bridgehead atoms. The zero-order valence-electron chi connectivity index (χ0n) is 11.4. The van der Waals surface area contributed by atoms with E-state index in [4.69, 9.17) is 4.74 Å². The Morgan fingerprint density at radius 1 is 1.37 bits per heavy atom. The fourth-order valence-electron chi connectivity index (χ4n) is 2.37. The number of fused-ring (bicyclic) bond motifs is 1. The number of esters is 1. The molecule has 1 aliphatic carbocycles. The Bertz CT molecular complexity index is 634. The van der Waals surface area contributed by atoms with Crippen LogP contribution >= 0.6 is 0 Å². The van der Waals surface area contributed by atoms with Crippen molar-refractivity contribution in [2.45, 2.75) is 20.3 Å². The number of hydrogen-bond donors (Lipinski definition) is 0. The minimum atomic E-state index is -0.594. The lowest BCUT2D eigenvalue weighted by Crippen LogP contribution is -2.20. The summed E-state index contributed by atoms with van der Waals surface area (Å²) in [5, 5.41) is 0. The molecule has 5 heteroatoms. The number of aromatic nitrogens is 1. The first-order valence-corrected chi connectivity index (χ1v) is 6.01. The Hall–Kier alpha value is -2.17. The van der Waals surface area contributed by atoms with Crippen LogP contribution in [0.1, 0.15) is 50.2 Å². The standard InChI is InChI=1S/C14H15NO4/c1-5-8-6-9(16)11-10(14(18)19-4)7(2)15(3)12(11)13(8)17/h6H,5H2,1-4H3. The summed E-state index contributed by atoms with van der Waals surface area (Å²) in [5.41, 5.74) is 1.65. The third-order valence-electron chi connectivity index (χ3n) is 3.52. The molecule has 1 heterocycles. The van der Waals surface area contributed by atoms with E-state index in [2.05, 4.69) is 0 Å². The molecule has 1 aromatic rings. The fraction of sp³-hybridized carbons (Fsp3) is 0.357. The number of Topliss-reactive ketones (excluding diaryl/α,β-unsaturated/α-hetero) is 1. The molecule has 0 N–H and O–H groups in total. The lowest BCUT2D eigenvalue weighted by molar-refractivity contribution is 0.0597. The zero-order valence-corrected chi connectivity index (χ0v) is 11.4. The summed E-state index contributed by atoms with van der Waals surface area (Å²) in [7, 11) is 2.92. The van der Waals surface area contributed by atoms with Crippen molar-refractivity contribution in [3.8, 4) is 0 Å². The molecule has 0 saturated carbocycles. The topological polar surface area (TPSA) is 65.4 Å². The van der Waals surface area contributed by atoms with E-state index in [9.17, 15) is 14.4 Å². The average Bonchev–Trinajstić information content (AvgIpc) is 2.66. The van der Waals surface area contributed by atoms with Crippen molar-refractivity contribution in [1.82, 2.24) is 4.57 Å². The summed E-state index contributed by atoms with van der Waals surface area (Å²) >= 11 is 0. The molecule has 100 valence electrons. The number of ketones is 2. The number of hydrogen-bond acceptors (Lipinski definition) is 4. The number of methoxy groups -OCH3 is 1. The Balaban J connectivity index is 2.77. The van der Waals surface area contributed by atoms with Gasteiger partial charge in [0.2, 0.25) is 5.78 Å². The van der Waals surface area contributed by atoms with Gasteiger partial charge in [0.05, 0.1) is 18.2 Å². The summed E-state index contributed by atoms with van der Waals surface area (Å²) in [6.45, 7) is 3.51. The molecule has 2 rings (SSSR count). The quantitative estimate of drug-likeness (QED) is 0.762. The number of allylic oxidation sites excluding steroid dienone is 2. The Kier molecular flexibility index (Phi) is 3.14. The van der Waals surface area contributed by atoms with E-state index in [-0.39, 0.29) is 28.4 Å². The van der Waals surface area contributed by atoms with E-state index in [0.717, 1.165) is 0 Å². The Morgan fingerprint density at radius 2 is 2.00 bits per heavy atom. The third-order valence-corrected chi connectivity index (χ3v) is 3.52. The van der Waals surface area contributed by atoms with Gasteiger partial charge >= 0.3 is 5.97 Å². The van der Waals surface area contributed by atoms with Gasteiger partial charge in [-0.15, -0.1) is 0 Å². The van der Waals surface area contributed by atoms with Crippen molar-refractivity contribution in [3.63, 3.8) is 0 Å². The van der Waals surface area contributed by atoms with Gasteiger partial charge in [0.15, 0.2) is 5.78 Å². The fourth-order valence-corrected chi connectivity index (χ4v) is 2.37. The Morgan fingerprint density at radius 3 is 2.53 bits per heavy atom. The van der Waals surface area contributed by atoms with Crippen molar-refractivity contribution in [3.05, 3.63) is 34.2 Å². The first-order chi connectivity index (χ1) is 8.93. The molecule has 0 aromatic carbocycles. The second-order valence-corrected chi connectivity index (χ2v) is 4.45. The number of nitrogens with zero attached hydrogens (tertiary/aromatic N) is 1. The van der Waals surface area contributed by atoms with Gasteiger partial charge in [0.1, 0.15) is 5.69 Å². The first-order valence-electron chi connectivity index (χ1n) is 6.01. The zero-order chi connectivity index (χ0) is 14.3. The van der Waals surface area contributed by atoms with Crippen LogP contribution in [-0.2, 0) is 11.8 Å². The van der Waals surface area contributed by atoms with Gasteiger partial charge in [-0.05, 0) is 19.4 Å². The van der Waals surface area contributed by atoms with Gasteiger partial charge in [0.25, 0.3) is 0 Å². The lowest BCUT2D eigenvalue weighted by atomic mass is 9.91. The van der Waals surface area contributed by atoms with Crippen molar-refractivity contribution in [2.24, 2.45) is 7.05 Å². The van der Waals surface area contributed by atoms with Crippen LogP contribution in [0, 0.1) is 6.92 Å². The first kappa shape index (κ1) is 13.3. The van der Waals surface area contributed by atoms with Crippen LogP contribution in [0.5, 0.6) is 0 Å². The number of carbonyl (C=O) groups excluding carboxylic acids is 3. The minimum Gasteiger partial charge on any atom is -0.465 e. The second kappa shape index (κ2) is 4.50. The third kappa shape index (κ3) is 1.73. The molecule has 0 radical (unpaired) electrons. The van der Waals surface area contributed by atoms with Crippen LogP contribution in [0.3, 0.4) is 0 Å². The van der Waals surface area contributed by atoms with Gasteiger partial charge in [-0.25, -0.2) is 4.79 Å². The monoisotopic (exact) mass is 261 g/mol. The summed E-state index contributed by atoms with van der Waals surface area (Å²) in [4.78, 5) is 36.3. The van der Waals surface area contributed by atoms with E-state index in [0.29, 0.717) is 17.7 Å². The van der Waals surface area contributed by atoms with E-state index in [1.165, 1.54) is 13.2 Å². The van der Waals surface area contributed by atoms with Crippen molar-refractivity contribution in [2.75, 3.05) is 7.11 Å². The van der Waals surface area contributed by atoms with Crippen LogP contribution in [0.25, 0.3) is 0 Å². The summed E-state index contributed by atoms with van der Waals surface area (Å²) in [5.74, 6) is -1.10. The van der Waals surface area contributed by atoms with Gasteiger partial charge < -0.3 is 9.30 Å². The molecule has 0 unspecified atom stereocenters. The molecule has 1 aromatic heterocycles. The molecule has 1 aliphatic rings. The van der Waals surface area contributed by atoms with Crippen molar-refractivity contribution >= 4 is 17.5 Å². The molecule has 19 heavy (non-hydrogen) atoms. The largest absolute Gasteiger partial charge is 0.465 e. The normalized spacial score (nSPS) is 14.2. The van der Waals surface area contributed by atoms with Crippen molar-refractivity contribution in [1.29, 1.82) is 0 Å². The second-order valence-electron chi connectivity index (χ2n) is 4.45. The van der Waals surface area contributed by atoms with E-state index in [1.807, 2.05) is 6.92 Å². The minimum absolute atomic E-state index is 0.161. The summed E-state index contributed by atoms with van der Waals surface area (Å²) in [6.07, 6.45) is 1.80. The highest BCUT2D eigenvalue weighted by Crippen LogP contribution is 2.30. The average molecular weight is 261 g/mol. The van der Waals surface area contributed by atoms with Gasteiger partial charge in [-0.3, -0.25) is 9.59 Å². The number of ether oxygens (including phenoxy) is 1. The van der Waals surface area contributed by atoms with Crippen molar-refractivity contribution < 1.29 is 19.1 Å². The van der Waals surface area contributed by atoms with Crippen LogP contribution in [0.15, 0.2) is 11.6 Å². The molecular weight excluding hydrogens is 246 g/mol. The smallest absolute Gasteiger partial charge is 0.340 e. The number of carbonyl (C=O) groups is 3. The summed E-state index contributed by atoms with van der Waals surface area (Å²) < 4.78 is 6.28. The maximum Gasteiger partial charge on any atom is 0.340 e. The Labute approximate surface area is 110 Å². The van der Waals surface area contributed by atoms with E-state index in [1.54, 1.807) is 18.5 Å². The summed E-state index contributed by atoms with van der Waals surface area (Å²) in [6, 6.07) is 0.